The van der Waals surface area contributed by atoms with Crippen LogP contribution in [0.15, 0.2) is 36.8 Å². The molecule has 1 heterocycles. The van der Waals surface area contributed by atoms with Crippen molar-refractivity contribution in [3.8, 4) is 11.3 Å². The first-order valence-electron chi connectivity index (χ1n) is 5.97. The van der Waals surface area contributed by atoms with Gasteiger partial charge in [-0.2, -0.15) is 0 Å². The van der Waals surface area contributed by atoms with E-state index in [9.17, 15) is 8.42 Å². The Hall–Kier alpha value is -1.82. The maximum atomic E-state index is 11.2. The van der Waals surface area contributed by atoms with Crippen LogP contribution in [0.25, 0.3) is 11.3 Å². The maximum absolute atomic E-state index is 11.2. The lowest BCUT2D eigenvalue weighted by Gasteiger charge is -2.14. The molecule has 0 spiro atoms. The number of hydrogen-bond acceptors (Lipinski definition) is 4. The third-order valence-corrected chi connectivity index (χ3v) is 3.77. The molecule has 0 saturated carbocycles. The summed E-state index contributed by atoms with van der Waals surface area (Å²) < 4.78 is 22.4. The van der Waals surface area contributed by atoms with Gasteiger partial charge in [0.15, 0.2) is 0 Å². The Morgan fingerprint density at radius 3 is 2.53 bits per heavy atom. The van der Waals surface area contributed by atoms with Crippen LogP contribution in [0.2, 0.25) is 0 Å². The summed E-state index contributed by atoms with van der Waals surface area (Å²) in [6.07, 6.45) is 4.64. The smallest absolute Gasteiger partial charge is 0.149 e. The summed E-state index contributed by atoms with van der Waals surface area (Å²) in [5, 5.41) is 3.17. The molecule has 2 N–H and O–H groups in total. The van der Waals surface area contributed by atoms with Crippen molar-refractivity contribution in [2.24, 2.45) is 0 Å². The van der Waals surface area contributed by atoms with Crippen LogP contribution in [-0.4, -0.2) is 36.4 Å². The normalized spacial score (nSPS) is 13.2. The van der Waals surface area contributed by atoms with Gasteiger partial charge in [0.25, 0.3) is 0 Å². The Morgan fingerprint density at radius 1 is 1.32 bits per heavy atom. The van der Waals surface area contributed by atoms with Gasteiger partial charge >= 0.3 is 0 Å². The van der Waals surface area contributed by atoms with Gasteiger partial charge in [0, 0.05) is 18.0 Å². The van der Waals surface area contributed by atoms with Crippen molar-refractivity contribution >= 4 is 15.5 Å². The molecular formula is C13H17N3O2S. The molecule has 0 aliphatic rings. The van der Waals surface area contributed by atoms with Crippen molar-refractivity contribution in [1.29, 1.82) is 0 Å². The van der Waals surface area contributed by atoms with Crippen LogP contribution in [0.5, 0.6) is 0 Å². The second kappa shape index (κ2) is 5.44. The molecule has 0 radical (unpaired) electrons. The Bertz CT molecular complexity index is 618. The molecule has 1 unspecified atom stereocenters. The summed E-state index contributed by atoms with van der Waals surface area (Å²) in [6.45, 7) is 1.85. The molecule has 0 aliphatic carbocycles. The molecule has 2 rings (SSSR count). The van der Waals surface area contributed by atoms with Crippen LogP contribution in [0.3, 0.4) is 0 Å². The van der Waals surface area contributed by atoms with Gasteiger partial charge in [0.1, 0.15) is 9.84 Å². The van der Waals surface area contributed by atoms with Crippen LogP contribution >= 0.6 is 0 Å². The minimum Gasteiger partial charge on any atom is -0.382 e. The molecule has 2 aromatic rings. The van der Waals surface area contributed by atoms with E-state index in [1.54, 1.807) is 12.5 Å². The van der Waals surface area contributed by atoms with E-state index in [-0.39, 0.29) is 11.8 Å². The first-order chi connectivity index (χ1) is 8.94. The molecule has 0 fully saturated rings. The number of aromatic amines is 1. The van der Waals surface area contributed by atoms with Gasteiger partial charge in [-0.15, -0.1) is 0 Å². The molecule has 0 aliphatic heterocycles. The molecule has 1 aromatic heterocycles. The Morgan fingerprint density at radius 2 is 2.00 bits per heavy atom. The molecule has 0 amide bonds. The van der Waals surface area contributed by atoms with Crippen molar-refractivity contribution in [3.63, 3.8) is 0 Å². The van der Waals surface area contributed by atoms with E-state index in [0.29, 0.717) is 0 Å². The lowest BCUT2D eigenvalue weighted by atomic mass is 10.1. The van der Waals surface area contributed by atoms with Crippen molar-refractivity contribution in [2.45, 2.75) is 13.0 Å². The van der Waals surface area contributed by atoms with E-state index in [1.165, 1.54) is 6.26 Å². The first kappa shape index (κ1) is 13.6. The fraction of sp³-hybridized carbons (Fsp3) is 0.308. The number of nitrogens with one attached hydrogen (secondary N) is 2. The zero-order chi connectivity index (χ0) is 13.9. The highest BCUT2D eigenvalue weighted by atomic mass is 32.2. The summed E-state index contributed by atoms with van der Waals surface area (Å²) in [5.41, 5.74) is 2.90. The zero-order valence-corrected chi connectivity index (χ0v) is 11.7. The second-order valence-electron chi connectivity index (χ2n) is 4.68. The van der Waals surface area contributed by atoms with Crippen molar-refractivity contribution < 1.29 is 8.42 Å². The number of imidazole rings is 1. The van der Waals surface area contributed by atoms with E-state index in [0.717, 1.165) is 16.9 Å². The maximum Gasteiger partial charge on any atom is 0.149 e. The number of hydrogen-bond donors (Lipinski definition) is 2. The summed E-state index contributed by atoms with van der Waals surface area (Å²) in [4.78, 5) is 7.01. The molecular weight excluding hydrogens is 262 g/mol. The highest BCUT2D eigenvalue weighted by molar-refractivity contribution is 7.90. The fourth-order valence-electron chi connectivity index (χ4n) is 1.94. The van der Waals surface area contributed by atoms with Crippen molar-refractivity contribution in [1.82, 2.24) is 9.97 Å². The van der Waals surface area contributed by atoms with Gasteiger partial charge in [-0.05, 0) is 24.6 Å². The van der Waals surface area contributed by atoms with E-state index in [4.69, 9.17) is 0 Å². The number of rotatable bonds is 5. The van der Waals surface area contributed by atoms with Gasteiger partial charge in [0.05, 0.1) is 24.0 Å². The SMILES string of the molecule is CC(CS(C)(=O)=O)Nc1ccc(-c2cnc[nH]2)cc1. The fourth-order valence-corrected chi connectivity index (χ4v) is 2.93. The van der Waals surface area contributed by atoms with Gasteiger partial charge < -0.3 is 10.3 Å². The van der Waals surface area contributed by atoms with Crippen LogP contribution in [-0.2, 0) is 9.84 Å². The van der Waals surface area contributed by atoms with Crippen molar-refractivity contribution in [2.75, 3.05) is 17.3 Å². The topological polar surface area (TPSA) is 74.8 Å². The number of nitrogens with zero attached hydrogens (tertiary/aromatic N) is 1. The summed E-state index contributed by atoms with van der Waals surface area (Å²) in [7, 11) is -2.96. The van der Waals surface area contributed by atoms with Crippen molar-refractivity contribution in [3.05, 3.63) is 36.8 Å². The van der Waals surface area contributed by atoms with E-state index < -0.39 is 9.84 Å². The Labute approximate surface area is 113 Å². The monoisotopic (exact) mass is 279 g/mol. The minimum absolute atomic E-state index is 0.118. The molecule has 1 aromatic carbocycles. The van der Waals surface area contributed by atoms with Crippen LogP contribution in [0.4, 0.5) is 5.69 Å². The zero-order valence-electron chi connectivity index (χ0n) is 10.9. The molecule has 0 saturated heterocycles. The largest absolute Gasteiger partial charge is 0.382 e. The molecule has 102 valence electrons. The summed E-state index contributed by atoms with van der Waals surface area (Å²) >= 11 is 0. The quantitative estimate of drug-likeness (QED) is 0.877. The van der Waals surface area contributed by atoms with E-state index >= 15 is 0 Å². The highest BCUT2D eigenvalue weighted by Gasteiger charge is 2.10. The van der Waals surface area contributed by atoms with Gasteiger partial charge in [-0.25, -0.2) is 13.4 Å². The molecule has 0 bridgehead atoms. The van der Waals surface area contributed by atoms with E-state index in [2.05, 4.69) is 15.3 Å². The Kier molecular flexibility index (Phi) is 3.90. The third kappa shape index (κ3) is 4.10. The molecule has 6 heteroatoms. The average molecular weight is 279 g/mol. The minimum atomic E-state index is -2.96. The predicted octanol–water partition coefficient (Wildman–Crippen LogP) is 1.92. The van der Waals surface area contributed by atoms with Crippen LogP contribution in [0.1, 0.15) is 6.92 Å². The third-order valence-electron chi connectivity index (χ3n) is 2.66. The summed E-state index contributed by atoms with van der Waals surface area (Å²) in [6, 6.07) is 7.66. The number of H-pyrrole nitrogens is 1. The number of sulfone groups is 1. The molecule has 1 atom stereocenters. The van der Waals surface area contributed by atoms with Gasteiger partial charge in [-0.3, -0.25) is 0 Å². The number of benzene rings is 1. The lowest BCUT2D eigenvalue weighted by Crippen LogP contribution is -2.24. The molecule has 19 heavy (non-hydrogen) atoms. The predicted molar refractivity (Wildman–Crippen MR) is 76.8 cm³/mol. The van der Waals surface area contributed by atoms with Gasteiger partial charge in [-0.1, -0.05) is 12.1 Å². The highest BCUT2D eigenvalue weighted by Crippen LogP contribution is 2.19. The number of aromatic nitrogens is 2. The first-order valence-corrected chi connectivity index (χ1v) is 8.03. The van der Waals surface area contributed by atoms with Crippen LogP contribution in [0, 0.1) is 0 Å². The second-order valence-corrected chi connectivity index (χ2v) is 6.87. The standard InChI is InChI=1S/C13H17N3O2S/c1-10(8-19(2,17)18)16-12-5-3-11(4-6-12)13-7-14-9-15-13/h3-7,9-10,16H,8H2,1-2H3,(H,14,15). The average Bonchev–Trinajstić information content (AvgIpc) is 2.80. The van der Waals surface area contributed by atoms with Crippen LogP contribution < -0.4 is 5.32 Å². The molecule has 5 nitrogen and oxygen atoms in total. The number of anilines is 1. The summed E-state index contributed by atoms with van der Waals surface area (Å²) in [5.74, 6) is 0.120. The Balaban J connectivity index is 2.03. The van der Waals surface area contributed by atoms with E-state index in [1.807, 2.05) is 31.2 Å². The van der Waals surface area contributed by atoms with Gasteiger partial charge in [0.2, 0.25) is 0 Å². The lowest BCUT2D eigenvalue weighted by molar-refractivity contribution is 0.598.